The maximum atomic E-state index is 6.13. The van der Waals surface area contributed by atoms with Crippen LogP contribution in [0.1, 0.15) is 36.8 Å². The predicted octanol–water partition coefficient (Wildman–Crippen LogP) is 2.37. The fraction of sp³-hybridized carbons (Fsp3) is 0.625. The predicted molar refractivity (Wildman–Crippen MR) is 77.3 cm³/mol. The average molecular weight is 277 g/mol. The lowest BCUT2D eigenvalue weighted by Gasteiger charge is -2.32. The number of hydrogen-bond acceptors (Lipinski definition) is 4. The molecule has 2 N–H and O–H groups in total. The first kappa shape index (κ1) is 13.7. The van der Waals surface area contributed by atoms with E-state index < -0.39 is 0 Å². The van der Waals surface area contributed by atoms with Crippen molar-refractivity contribution in [2.75, 3.05) is 26.9 Å². The minimum absolute atomic E-state index is 0.0870. The van der Waals surface area contributed by atoms with Gasteiger partial charge >= 0.3 is 0 Å². The third-order valence-electron chi connectivity index (χ3n) is 4.62. The van der Waals surface area contributed by atoms with Crippen molar-refractivity contribution < 1.29 is 14.2 Å². The van der Waals surface area contributed by atoms with E-state index in [0.29, 0.717) is 26.4 Å². The van der Waals surface area contributed by atoms with Gasteiger partial charge in [0.25, 0.3) is 0 Å². The van der Waals surface area contributed by atoms with Crippen LogP contribution in [-0.2, 0) is 16.8 Å². The van der Waals surface area contributed by atoms with Gasteiger partial charge in [-0.1, -0.05) is 18.9 Å². The van der Waals surface area contributed by atoms with Gasteiger partial charge in [0.2, 0.25) is 0 Å². The molecule has 1 aromatic carbocycles. The first-order chi connectivity index (χ1) is 9.80. The van der Waals surface area contributed by atoms with Gasteiger partial charge in [0, 0.05) is 24.6 Å². The summed E-state index contributed by atoms with van der Waals surface area (Å²) < 4.78 is 16.9. The van der Waals surface area contributed by atoms with E-state index in [0.717, 1.165) is 29.9 Å². The van der Waals surface area contributed by atoms with Crippen molar-refractivity contribution >= 4 is 0 Å². The van der Waals surface area contributed by atoms with Gasteiger partial charge in [-0.3, -0.25) is 0 Å². The molecule has 0 unspecified atom stereocenters. The molecule has 0 atom stereocenters. The summed E-state index contributed by atoms with van der Waals surface area (Å²) in [7, 11) is 1.72. The van der Waals surface area contributed by atoms with E-state index in [9.17, 15) is 0 Å². The van der Waals surface area contributed by atoms with Crippen LogP contribution in [0, 0.1) is 0 Å². The van der Waals surface area contributed by atoms with Crippen LogP contribution < -0.4 is 15.2 Å². The molecule has 1 aromatic rings. The van der Waals surface area contributed by atoms with Crippen LogP contribution in [0.5, 0.6) is 11.5 Å². The van der Waals surface area contributed by atoms with Crippen molar-refractivity contribution in [2.24, 2.45) is 5.73 Å². The Bertz CT molecular complexity index is 481. The van der Waals surface area contributed by atoms with Gasteiger partial charge in [-0.2, -0.15) is 0 Å². The normalized spacial score (nSPS) is 20.1. The summed E-state index contributed by atoms with van der Waals surface area (Å²) in [6.45, 7) is 2.44. The number of methoxy groups -OCH3 is 1. The highest BCUT2D eigenvalue weighted by Gasteiger charge is 2.37. The Hall–Kier alpha value is -1.26. The molecule has 0 saturated heterocycles. The Morgan fingerprint density at radius 2 is 1.95 bits per heavy atom. The number of nitrogens with two attached hydrogens (primary N) is 1. The number of fused-ring (bicyclic) bond motifs is 1. The second-order valence-corrected chi connectivity index (χ2v) is 5.74. The monoisotopic (exact) mass is 277 g/mol. The molecule has 20 heavy (non-hydrogen) atoms. The zero-order valence-electron chi connectivity index (χ0n) is 12.1. The van der Waals surface area contributed by atoms with Gasteiger partial charge in [0.15, 0.2) is 11.5 Å². The molecule has 1 aliphatic carbocycles. The molecule has 1 aliphatic heterocycles. The van der Waals surface area contributed by atoms with Gasteiger partial charge in [-0.25, -0.2) is 0 Å². The molecule has 3 rings (SSSR count). The molecule has 2 aliphatic rings. The third-order valence-corrected chi connectivity index (χ3v) is 4.62. The first-order valence-corrected chi connectivity index (χ1v) is 7.42. The van der Waals surface area contributed by atoms with E-state index in [1.165, 1.54) is 18.4 Å². The molecular formula is C16H23NO3. The maximum absolute atomic E-state index is 6.13. The van der Waals surface area contributed by atoms with E-state index in [4.69, 9.17) is 19.9 Å². The van der Waals surface area contributed by atoms with Gasteiger partial charge < -0.3 is 19.9 Å². The minimum Gasteiger partial charge on any atom is -0.486 e. The summed E-state index contributed by atoms with van der Waals surface area (Å²) in [6, 6.07) is 4.19. The third kappa shape index (κ3) is 2.17. The molecule has 0 radical (unpaired) electrons. The van der Waals surface area contributed by atoms with E-state index in [1.807, 2.05) is 6.07 Å². The highest BCUT2D eigenvalue weighted by Crippen LogP contribution is 2.46. The van der Waals surface area contributed by atoms with E-state index in [2.05, 4.69) is 6.07 Å². The molecule has 0 amide bonds. The fourth-order valence-electron chi connectivity index (χ4n) is 3.59. The molecule has 4 heteroatoms. The molecule has 110 valence electrons. The van der Waals surface area contributed by atoms with Crippen molar-refractivity contribution in [1.29, 1.82) is 0 Å². The summed E-state index contributed by atoms with van der Waals surface area (Å²) in [5.41, 5.74) is 8.63. The molecule has 1 saturated carbocycles. The Kier molecular flexibility index (Phi) is 3.85. The number of benzene rings is 1. The molecule has 0 aromatic heterocycles. The summed E-state index contributed by atoms with van der Waals surface area (Å²) in [5.74, 6) is 1.69. The van der Waals surface area contributed by atoms with Crippen molar-refractivity contribution in [3.63, 3.8) is 0 Å². The fourth-order valence-corrected chi connectivity index (χ4v) is 3.59. The summed E-state index contributed by atoms with van der Waals surface area (Å²) in [5, 5.41) is 0. The SMILES string of the molecule is COCc1c(C2(CN)CCCC2)ccc2c1OCCO2. The standard InChI is InChI=1S/C16H23NO3/c1-18-10-12-13(16(11-17)6-2-3-7-16)4-5-14-15(12)20-9-8-19-14/h4-5H,2-3,6-11,17H2,1H3. The van der Waals surface area contributed by atoms with Crippen LogP contribution in [0.4, 0.5) is 0 Å². The molecule has 1 heterocycles. The highest BCUT2D eigenvalue weighted by molar-refractivity contribution is 5.54. The minimum atomic E-state index is 0.0870. The van der Waals surface area contributed by atoms with E-state index >= 15 is 0 Å². The average Bonchev–Trinajstić information content (AvgIpc) is 2.98. The summed E-state index contributed by atoms with van der Waals surface area (Å²) in [6.07, 6.45) is 4.80. The second-order valence-electron chi connectivity index (χ2n) is 5.74. The smallest absolute Gasteiger partial charge is 0.167 e. The topological polar surface area (TPSA) is 53.7 Å². The highest BCUT2D eigenvalue weighted by atomic mass is 16.6. The lowest BCUT2D eigenvalue weighted by atomic mass is 9.76. The van der Waals surface area contributed by atoms with Crippen molar-refractivity contribution in [1.82, 2.24) is 0 Å². The zero-order chi connectivity index (χ0) is 14.0. The van der Waals surface area contributed by atoms with Gasteiger partial charge in [0.05, 0.1) is 6.61 Å². The Morgan fingerprint density at radius 1 is 1.20 bits per heavy atom. The maximum Gasteiger partial charge on any atom is 0.167 e. The number of rotatable bonds is 4. The largest absolute Gasteiger partial charge is 0.486 e. The van der Waals surface area contributed by atoms with Crippen molar-refractivity contribution in [2.45, 2.75) is 37.7 Å². The van der Waals surface area contributed by atoms with Gasteiger partial charge in [0.1, 0.15) is 13.2 Å². The molecule has 0 bridgehead atoms. The van der Waals surface area contributed by atoms with Crippen LogP contribution in [0.3, 0.4) is 0 Å². The van der Waals surface area contributed by atoms with Gasteiger partial charge in [-0.15, -0.1) is 0 Å². The number of ether oxygens (including phenoxy) is 3. The van der Waals surface area contributed by atoms with E-state index in [-0.39, 0.29) is 5.41 Å². The van der Waals surface area contributed by atoms with Crippen LogP contribution in [-0.4, -0.2) is 26.9 Å². The van der Waals surface area contributed by atoms with Crippen LogP contribution in [0.2, 0.25) is 0 Å². The quantitative estimate of drug-likeness (QED) is 0.918. The van der Waals surface area contributed by atoms with Crippen LogP contribution >= 0.6 is 0 Å². The summed E-state index contributed by atoms with van der Waals surface area (Å²) in [4.78, 5) is 0. The molecule has 0 spiro atoms. The lowest BCUT2D eigenvalue weighted by Crippen LogP contribution is -2.33. The molecule has 1 fully saturated rings. The van der Waals surface area contributed by atoms with Crippen LogP contribution in [0.25, 0.3) is 0 Å². The van der Waals surface area contributed by atoms with Gasteiger partial charge in [-0.05, 0) is 24.5 Å². The Labute approximate surface area is 120 Å². The zero-order valence-corrected chi connectivity index (χ0v) is 12.1. The summed E-state index contributed by atoms with van der Waals surface area (Å²) >= 11 is 0. The molecule has 4 nitrogen and oxygen atoms in total. The Balaban J connectivity index is 2.09. The Morgan fingerprint density at radius 3 is 2.65 bits per heavy atom. The van der Waals surface area contributed by atoms with Crippen LogP contribution in [0.15, 0.2) is 12.1 Å². The number of hydrogen-bond donors (Lipinski definition) is 1. The second kappa shape index (κ2) is 5.62. The molecular weight excluding hydrogens is 254 g/mol. The lowest BCUT2D eigenvalue weighted by molar-refractivity contribution is 0.151. The van der Waals surface area contributed by atoms with Crippen molar-refractivity contribution in [3.05, 3.63) is 23.3 Å². The van der Waals surface area contributed by atoms with E-state index in [1.54, 1.807) is 7.11 Å². The first-order valence-electron chi connectivity index (χ1n) is 7.42. The van der Waals surface area contributed by atoms with Crippen molar-refractivity contribution in [3.8, 4) is 11.5 Å².